The molecule has 1 amide bonds. The quantitative estimate of drug-likeness (QED) is 0.444. The summed E-state index contributed by atoms with van der Waals surface area (Å²) in [6, 6.07) is 6.81. The normalized spacial score (nSPS) is 12.4. The SMILES string of the molecule is C#Cc1cnn2ccc(C(N)=O)c(C#CCC(O)(c3cc(F)cc(F)c3)c3cccn(C)c3=O)c12. The molecule has 174 valence electrons. The van der Waals surface area contributed by atoms with Gasteiger partial charge in [-0.2, -0.15) is 5.10 Å². The van der Waals surface area contributed by atoms with Gasteiger partial charge in [0.15, 0.2) is 0 Å². The molecule has 3 heterocycles. The fraction of sp³-hybridized carbons (Fsp3) is 0.115. The van der Waals surface area contributed by atoms with Gasteiger partial charge in [0.1, 0.15) is 17.2 Å². The summed E-state index contributed by atoms with van der Waals surface area (Å²) in [5, 5.41) is 15.8. The number of nitrogens with two attached hydrogens (primary N) is 1. The van der Waals surface area contributed by atoms with Crippen LogP contribution in [0.25, 0.3) is 5.52 Å². The number of carbonyl (C=O) groups excluding carboxylic acids is 1. The molecule has 0 bridgehead atoms. The summed E-state index contributed by atoms with van der Waals surface area (Å²) in [5.74, 6) is 5.37. The van der Waals surface area contributed by atoms with Gasteiger partial charge in [-0.05, 0) is 35.9 Å². The van der Waals surface area contributed by atoms with E-state index in [0.29, 0.717) is 17.1 Å². The van der Waals surface area contributed by atoms with Crippen molar-refractivity contribution in [1.29, 1.82) is 0 Å². The minimum atomic E-state index is -2.18. The first-order valence-corrected chi connectivity index (χ1v) is 10.3. The molecule has 1 unspecified atom stereocenters. The number of benzene rings is 1. The number of hydrogen-bond donors (Lipinski definition) is 2. The van der Waals surface area contributed by atoms with Gasteiger partial charge in [-0.3, -0.25) is 9.59 Å². The molecule has 3 N–H and O–H groups in total. The Kier molecular flexibility index (Phi) is 5.96. The minimum Gasteiger partial charge on any atom is -0.379 e. The van der Waals surface area contributed by atoms with Gasteiger partial charge in [0.25, 0.3) is 5.56 Å². The van der Waals surface area contributed by atoms with Gasteiger partial charge in [-0.1, -0.05) is 17.8 Å². The molecule has 0 spiro atoms. The number of fused-ring (bicyclic) bond motifs is 1. The van der Waals surface area contributed by atoms with Crippen LogP contribution in [0.1, 0.15) is 39.0 Å². The van der Waals surface area contributed by atoms with Crippen molar-refractivity contribution >= 4 is 11.4 Å². The predicted molar refractivity (Wildman–Crippen MR) is 124 cm³/mol. The molecule has 0 aliphatic carbocycles. The Morgan fingerprint density at radius 3 is 2.60 bits per heavy atom. The maximum Gasteiger partial charge on any atom is 0.256 e. The number of terminal acetylenes is 1. The number of pyridine rings is 2. The van der Waals surface area contributed by atoms with Crippen LogP contribution in [0.15, 0.2) is 59.8 Å². The number of halogens is 2. The number of aryl methyl sites for hydroxylation is 1. The number of hydrogen-bond acceptors (Lipinski definition) is 4. The average molecular weight is 472 g/mol. The van der Waals surface area contributed by atoms with Crippen LogP contribution in [-0.2, 0) is 12.6 Å². The Morgan fingerprint density at radius 2 is 1.94 bits per heavy atom. The molecule has 7 nitrogen and oxygen atoms in total. The Balaban J connectivity index is 1.92. The van der Waals surface area contributed by atoms with E-state index < -0.39 is 35.1 Å². The maximum atomic E-state index is 14.1. The molecule has 0 fully saturated rings. The van der Waals surface area contributed by atoms with E-state index in [1.807, 2.05) is 0 Å². The van der Waals surface area contributed by atoms with Crippen molar-refractivity contribution in [1.82, 2.24) is 14.2 Å². The first-order chi connectivity index (χ1) is 16.7. The van der Waals surface area contributed by atoms with Gasteiger partial charge >= 0.3 is 0 Å². The van der Waals surface area contributed by atoms with E-state index in [1.165, 1.54) is 52.9 Å². The maximum absolute atomic E-state index is 14.1. The third-order valence-corrected chi connectivity index (χ3v) is 5.57. The summed E-state index contributed by atoms with van der Waals surface area (Å²) >= 11 is 0. The predicted octanol–water partition coefficient (Wildman–Crippen LogP) is 2.07. The number of amides is 1. The van der Waals surface area contributed by atoms with Gasteiger partial charge in [0.2, 0.25) is 5.91 Å². The van der Waals surface area contributed by atoms with E-state index in [1.54, 1.807) is 0 Å². The van der Waals surface area contributed by atoms with Crippen LogP contribution in [0.3, 0.4) is 0 Å². The lowest BCUT2D eigenvalue weighted by atomic mass is 9.84. The molecule has 0 aliphatic heterocycles. The zero-order valence-corrected chi connectivity index (χ0v) is 18.4. The second kappa shape index (κ2) is 8.90. The highest BCUT2D eigenvalue weighted by atomic mass is 19.1. The number of rotatable bonds is 4. The molecule has 1 atom stereocenters. The van der Waals surface area contributed by atoms with Gasteiger partial charge < -0.3 is 15.4 Å². The molecule has 4 aromatic rings. The highest BCUT2D eigenvalue weighted by molar-refractivity contribution is 5.98. The van der Waals surface area contributed by atoms with Crippen molar-refractivity contribution in [3.8, 4) is 24.2 Å². The molecule has 3 aromatic heterocycles. The van der Waals surface area contributed by atoms with Crippen molar-refractivity contribution in [2.75, 3.05) is 0 Å². The number of primary amides is 1. The summed E-state index contributed by atoms with van der Waals surface area (Å²) in [6.45, 7) is 0. The first-order valence-electron chi connectivity index (χ1n) is 10.3. The van der Waals surface area contributed by atoms with Gasteiger partial charge in [0.05, 0.1) is 34.0 Å². The molecule has 1 aromatic carbocycles. The molecule has 9 heteroatoms. The molecular formula is C26H18F2N4O3. The molecule has 0 radical (unpaired) electrons. The van der Waals surface area contributed by atoms with Crippen LogP contribution < -0.4 is 11.3 Å². The van der Waals surface area contributed by atoms with E-state index in [2.05, 4.69) is 22.9 Å². The van der Waals surface area contributed by atoms with E-state index in [4.69, 9.17) is 12.2 Å². The average Bonchev–Trinajstić information content (AvgIpc) is 3.23. The summed E-state index contributed by atoms with van der Waals surface area (Å²) in [4.78, 5) is 24.9. The van der Waals surface area contributed by atoms with Crippen molar-refractivity contribution in [3.05, 3.63) is 105 Å². The van der Waals surface area contributed by atoms with E-state index in [0.717, 1.165) is 12.1 Å². The minimum absolute atomic E-state index is 0.0676. The number of aromatic nitrogens is 3. The number of aliphatic hydroxyl groups is 1. The summed E-state index contributed by atoms with van der Waals surface area (Å²) in [7, 11) is 1.48. The lowest BCUT2D eigenvalue weighted by molar-refractivity contribution is 0.0837. The molecule has 35 heavy (non-hydrogen) atoms. The smallest absolute Gasteiger partial charge is 0.256 e. The van der Waals surface area contributed by atoms with Crippen LogP contribution in [0.4, 0.5) is 8.78 Å². The Morgan fingerprint density at radius 1 is 1.23 bits per heavy atom. The van der Waals surface area contributed by atoms with Crippen molar-refractivity contribution in [3.63, 3.8) is 0 Å². The van der Waals surface area contributed by atoms with Crippen LogP contribution in [0, 0.1) is 35.8 Å². The highest BCUT2D eigenvalue weighted by Gasteiger charge is 2.35. The van der Waals surface area contributed by atoms with Crippen LogP contribution in [-0.4, -0.2) is 25.2 Å². The largest absolute Gasteiger partial charge is 0.379 e. The summed E-state index contributed by atoms with van der Waals surface area (Å²) in [6.07, 6.45) is 9.50. The van der Waals surface area contributed by atoms with Crippen LogP contribution in [0.2, 0.25) is 0 Å². The third kappa shape index (κ3) is 4.17. The second-order valence-electron chi connectivity index (χ2n) is 7.80. The lowest BCUT2D eigenvalue weighted by Crippen LogP contribution is -2.36. The van der Waals surface area contributed by atoms with Gasteiger partial charge in [-0.25, -0.2) is 13.3 Å². The first kappa shape index (κ1) is 23.4. The van der Waals surface area contributed by atoms with Crippen molar-refractivity contribution in [2.24, 2.45) is 12.8 Å². The third-order valence-electron chi connectivity index (χ3n) is 5.57. The van der Waals surface area contributed by atoms with Gasteiger partial charge in [0, 0.05) is 31.9 Å². The van der Waals surface area contributed by atoms with Crippen LogP contribution >= 0.6 is 0 Å². The Bertz CT molecular complexity index is 1630. The Hall–Kier alpha value is -4.73. The van der Waals surface area contributed by atoms with Gasteiger partial charge in [-0.15, -0.1) is 6.42 Å². The number of carbonyl (C=O) groups is 1. The summed E-state index contributed by atoms with van der Waals surface area (Å²) < 4.78 is 30.8. The molecule has 0 saturated carbocycles. The van der Waals surface area contributed by atoms with E-state index >= 15 is 0 Å². The zero-order valence-electron chi connectivity index (χ0n) is 18.4. The van der Waals surface area contributed by atoms with E-state index in [-0.39, 0.29) is 22.3 Å². The molecule has 0 saturated heterocycles. The lowest BCUT2D eigenvalue weighted by Gasteiger charge is -2.27. The topological polar surface area (TPSA) is 103 Å². The molecule has 0 aliphatic rings. The monoisotopic (exact) mass is 472 g/mol. The fourth-order valence-corrected chi connectivity index (χ4v) is 3.84. The molecule has 4 rings (SSSR count). The van der Waals surface area contributed by atoms with Crippen molar-refractivity contribution in [2.45, 2.75) is 12.0 Å². The number of nitrogens with zero attached hydrogens (tertiary/aromatic N) is 3. The molecular weight excluding hydrogens is 454 g/mol. The standard InChI is InChI=1S/C26H18F2N4O3/c1-3-16-15-30-32-11-8-21(24(29)33)20(23(16)32)6-4-9-26(35,17-12-18(27)14-19(28)13-17)22-7-5-10-31(2)25(22)34/h1,5,7-8,10-15,35H,9H2,2H3,(H2,29,33). The van der Waals surface area contributed by atoms with E-state index in [9.17, 15) is 23.5 Å². The summed E-state index contributed by atoms with van der Waals surface area (Å²) in [5.41, 5.74) is 3.36. The highest BCUT2D eigenvalue weighted by Crippen LogP contribution is 2.32. The fourth-order valence-electron chi connectivity index (χ4n) is 3.84. The van der Waals surface area contributed by atoms with Crippen LogP contribution in [0.5, 0.6) is 0 Å². The zero-order chi connectivity index (χ0) is 25.3. The van der Waals surface area contributed by atoms with Crippen molar-refractivity contribution < 1.29 is 18.7 Å². The second-order valence-corrected chi connectivity index (χ2v) is 7.80. The Labute approximate surface area is 198 Å².